The number of nitrogens with zero attached hydrogens (tertiary/aromatic N) is 3. The number of anilines is 2. The minimum Gasteiger partial charge on any atom is -0.489 e. The third kappa shape index (κ3) is 7.29. The Morgan fingerprint density at radius 2 is 1.82 bits per heavy atom. The van der Waals surface area contributed by atoms with Crippen LogP contribution in [0.25, 0.3) is 0 Å². The summed E-state index contributed by atoms with van der Waals surface area (Å²) in [7, 11) is -3.28. The number of hydrogen-bond acceptors (Lipinski definition) is 7. The quantitative estimate of drug-likeness (QED) is 0.366. The summed E-state index contributed by atoms with van der Waals surface area (Å²) in [6.45, 7) is 10.5. The highest BCUT2D eigenvalue weighted by atomic mass is 32.2. The van der Waals surface area contributed by atoms with Crippen molar-refractivity contribution in [2.24, 2.45) is 0 Å². The van der Waals surface area contributed by atoms with Crippen molar-refractivity contribution in [1.82, 2.24) is 14.9 Å². The first-order valence-electron chi connectivity index (χ1n) is 13.0. The summed E-state index contributed by atoms with van der Waals surface area (Å²) in [4.78, 5) is 11.3. The van der Waals surface area contributed by atoms with E-state index in [9.17, 15) is 12.8 Å². The predicted octanol–water partition coefficient (Wildman–Crippen LogP) is 5.45. The van der Waals surface area contributed by atoms with Crippen LogP contribution in [0, 0.1) is 12.7 Å². The number of sulfone groups is 1. The summed E-state index contributed by atoms with van der Waals surface area (Å²) in [5, 5.41) is 3.08. The summed E-state index contributed by atoms with van der Waals surface area (Å²) in [5.74, 6) is 0.141. The molecule has 38 heavy (non-hydrogen) atoms. The second-order valence-corrected chi connectivity index (χ2v) is 13.6. The van der Waals surface area contributed by atoms with Crippen LogP contribution in [0.1, 0.15) is 56.0 Å². The molecule has 1 aliphatic rings. The lowest BCUT2D eigenvalue weighted by Crippen LogP contribution is -2.29. The van der Waals surface area contributed by atoms with Crippen molar-refractivity contribution in [2.75, 3.05) is 31.6 Å². The standard InChI is InChI=1S/C29H37FN4O3S/c1-21-19-31-28(32-24-10-11-27(25(30)18-24)37-15-14-34-12-5-6-13-34)33-26(21)17-22-8-7-9-23(16-22)20-38(35,36)29(2,3)4/h7-11,16,18-19H,5-6,12-15,17,20H2,1-4H3,(H,31,32,33). The van der Waals surface area contributed by atoms with Gasteiger partial charge >= 0.3 is 0 Å². The smallest absolute Gasteiger partial charge is 0.227 e. The first-order chi connectivity index (χ1) is 18.0. The second kappa shape index (κ2) is 11.8. The van der Waals surface area contributed by atoms with Crippen molar-refractivity contribution in [3.05, 3.63) is 76.9 Å². The maximum Gasteiger partial charge on any atom is 0.227 e. The van der Waals surface area contributed by atoms with Crippen LogP contribution in [0.15, 0.2) is 48.7 Å². The van der Waals surface area contributed by atoms with E-state index in [0.717, 1.165) is 42.0 Å². The van der Waals surface area contributed by atoms with Crippen LogP contribution < -0.4 is 10.1 Å². The Labute approximate surface area is 225 Å². The van der Waals surface area contributed by atoms with Gasteiger partial charge in [-0.15, -0.1) is 0 Å². The molecule has 1 saturated heterocycles. The van der Waals surface area contributed by atoms with Gasteiger partial charge in [0.1, 0.15) is 6.61 Å². The highest BCUT2D eigenvalue weighted by Crippen LogP contribution is 2.25. The fourth-order valence-electron chi connectivity index (χ4n) is 4.29. The number of likely N-dealkylation sites (tertiary alicyclic amines) is 1. The zero-order valence-electron chi connectivity index (χ0n) is 22.6. The molecule has 1 fully saturated rings. The van der Waals surface area contributed by atoms with Crippen LogP contribution in [-0.4, -0.2) is 54.3 Å². The second-order valence-electron chi connectivity index (χ2n) is 10.9. The largest absolute Gasteiger partial charge is 0.489 e. The number of nitrogens with one attached hydrogen (secondary N) is 1. The molecule has 7 nitrogen and oxygen atoms in total. The van der Waals surface area contributed by atoms with Gasteiger partial charge < -0.3 is 10.1 Å². The van der Waals surface area contributed by atoms with Crippen molar-refractivity contribution in [3.63, 3.8) is 0 Å². The summed E-state index contributed by atoms with van der Waals surface area (Å²) in [6.07, 6.45) is 4.67. The molecular formula is C29H37FN4O3S. The molecule has 1 aromatic heterocycles. The maximum absolute atomic E-state index is 14.7. The van der Waals surface area contributed by atoms with E-state index in [-0.39, 0.29) is 11.5 Å². The molecule has 1 N–H and O–H groups in total. The van der Waals surface area contributed by atoms with Crippen molar-refractivity contribution in [1.29, 1.82) is 0 Å². The Balaban J connectivity index is 1.41. The Morgan fingerprint density at radius 1 is 1.08 bits per heavy atom. The highest BCUT2D eigenvalue weighted by Gasteiger charge is 2.29. The number of hydrogen-bond donors (Lipinski definition) is 1. The Morgan fingerprint density at radius 3 is 2.53 bits per heavy atom. The first-order valence-corrected chi connectivity index (χ1v) is 14.7. The molecule has 3 aromatic rings. The summed E-state index contributed by atoms with van der Waals surface area (Å²) >= 11 is 0. The summed E-state index contributed by atoms with van der Waals surface area (Å²) in [6, 6.07) is 12.3. The van der Waals surface area contributed by atoms with E-state index in [2.05, 4.69) is 20.2 Å². The van der Waals surface area contributed by atoms with Crippen LogP contribution in [0.3, 0.4) is 0 Å². The van der Waals surface area contributed by atoms with E-state index >= 15 is 0 Å². The lowest BCUT2D eigenvalue weighted by molar-refractivity contribution is 0.231. The molecule has 0 amide bonds. The molecule has 0 spiro atoms. The van der Waals surface area contributed by atoms with E-state index in [0.29, 0.717) is 24.7 Å². The molecule has 0 aliphatic carbocycles. The first kappa shape index (κ1) is 28.0. The lowest BCUT2D eigenvalue weighted by Gasteiger charge is -2.19. The minimum absolute atomic E-state index is 0.0105. The lowest BCUT2D eigenvalue weighted by atomic mass is 10.0. The molecule has 0 unspecified atom stereocenters. The van der Waals surface area contributed by atoms with Crippen LogP contribution in [0.4, 0.5) is 16.0 Å². The molecule has 2 aromatic carbocycles. The molecule has 0 radical (unpaired) electrons. The number of ether oxygens (including phenoxy) is 1. The van der Waals surface area contributed by atoms with E-state index in [1.54, 1.807) is 39.1 Å². The maximum atomic E-state index is 14.7. The number of rotatable bonds is 10. The van der Waals surface area contributed by atoms with Gasteiger partial charge in [-0.25, -0.2) is 22.8 Å². The average Bonchev–Trinajstić information content (AvgIpc) is 3.35. The van der Waals surface area contributed by atoms with Gasteiger partial charge in [0.15, 0.2) is 21.4 Å². The zero-order valence-corrected chi connectivity index (χ0v) is 23.4. The molecule has 9 heteroatoms. The molecule has 2 heterocycles. The van der Waals surface area contributed by atoms with Gasteiger partial charge in [-0.3, -0.25) is 4.90 Å². The van der Waals surface area contributed by atoms with E-state index in [4.69, 9.17) is 4.74 Å². The molecular weight excluding hydrogens is 503 g/mol. The van der Waals surface area contributed by atoms with Crippen molar-refractivity contribution < 1.29 is 17.5 Å². The third-order valence-corrected chi connectivity index (χ3v) is 9.36. The molecule has 0 saturated carbocycles. The Hall–Kier alpha value is -3.04. The average molecular weight is 541 g/mol. The van der Waals surface area contributed by atoms with Gasteiger partial charge in [0.2, 0.25) is 5.95 Å². The monoisotopic (exact) mass is 540 g/mol. The van der Waals surface area contributed by atoms with Gasteiger partial charge in [-0.05, 0) is 82.4 Å². The van der Waals surface area contributed by atoms with Crippen LogP contribution in [-0.2, 0) is 22.0 Å². The van der Waals surface area contributed by atoms with E-state index in [1.165, 1.54) is 18.9 Å². The molecule has 204 valence electrons. The zero-order chi connectivity index (χ0) is 27.3. The minimum atomic E-state index is -3.28. The van der Waals surface area contributed by atoms with Gasteiger partial charge in [0, 0.05) is 30.9 Å². The Bertz CT molecular complexity index is 1370. The van der Waals surface area contributed by atoms with Crippen LogP contribution in [0.5, 0.6) is 5.75 Å². The molecule has 4 rings (SSSR count). The predicted molar refractivity (Wildman–Crippen MR) is 149 cm³/mol. The number of aryl methyl sites for hydroxylation is 1. The van der Waals surface area contributed by atoms with Gasteiger partial charge in [-0.1, -0.05) is 24.3 Å². The van der Waals surface area contributed by atoms with E-state index < -0.39 is 20.4 Å². The van der Waals surface area contributed by atoms with E-state index in [1.807, 2.05) is 31.2 Å². The molecule has 1 aliphatic heterocycles. The van der Waals surface area contributed by atoms with Crippen LogP contribution in [0.2, 0.25) is 0 Å². The van der Waals surface area contributed by atoms with Gasteiger partial charge in [0.25, 0.3) is 0 Å². The van der Waals surface area contributed by atoms with Gasteiger partial charge in [0.05, 0.1) is 16.2 Å². The molecule has 0 atom stereocenters. The third-order valence-electron chi connectivity index (χ3n) is 6.78. The fourth-order valence-corrected chi connectivity index (χ4v) is 5.34. The van der Waals surface area contributed by atoms with Crippen molar-refractivity contribution >= 4 is 21.5 Å². The topological polar surface area (TPSA) is 84.4 Å². The van der Waals surface area contributed by atoms with Gasteiger partial charge in [-0.2, -0.15) is 0 Å². The normalized spacial score (nSPS) is 14.6. The SMILES string of the molecule is Cc1cnc(Nc2ccc(OCCN3CCCC3)c(F)c2)nc1Cc1cccc(CS(=O)(=O)C(C)(C)C)c1. The Kier molecular flexibility index (Phi) is 8.67. The number of aromatic nitrogens is 2. The fraction of sp³-hybridized carbons (Fsp3) is 0.448. The molecule has 0 bridgehead atoms. The summed E-state index contributed by atoms with van der Waals surface area (Å²) < 4.78 is 44.8. The summed E-state index contributed by atoms with van der Waals surface area (Å²) in [5.41, 5.74) is 3.96. The van der Waals surface area contributed by atoms with Crippen molar-refractivity contribution in [2.45, 2.75) is 57.5 Å². The van der Waals surface area contributed by atoms with Crippen molar-refractivity contribution in [3.8, 4) is 5.75 Å². The van der Waals surface area contributed by atoms with Crippen LogP contribution >= 0.6 is 0 Å². The number of halogens is 1. The highest BCUT2D eigenvalue weighted by molar-refractivity contribution is 7.91. The number of benzene rings is 2.